The molecule has 3 heterocycles. The molecule has 7 amide bonds. The second kappa shape index (κ2) is 27.2. The fourth-order valence-corrected chi connectivity index (χ4v) is 7.75. The monoisotopic (exact) mass is 905 g/mol. The predicted molar refractivity (Wildman–Crippen MR) is 252 cm³/mol. The van der Waals surface area contributed by atoms with Gasteiger partial charge in [0, 0.05) is 6.42 Å². The third-order valence-corrected chi connectivity index (χ3v) is 11.3. The molecule has 2 aromatic carbocycles. The number of primary amides is 1. The van der Waals surface area contributed by atoms with Gasteiger partial charge in [0.25, 0.3) is 0 Å². The second-order valence-corrected chi connectivity index (χ2v) is 18.6. The number of unbranched alkanes of at least 4 members (excludes halogenated alkanes) is 2. The SMILES string of the molecule is CC(C)C[C@H](NC(=O)[C@H](CC(C)C)NC(=O)[C@@H]1Cc2ccc(cc2)-c2ccc(cc2)C[C@H](N)C(=O)N[C@@H](CCCCN)C(=O)N[C@@H](CCCCN)C(=O)N[C@@H](CC(C)C)C(=O)N1)C(N)=O. The number of hydrogen-bond donors (Lipinski definition) is 10. The molecule has 0 saturated carbocycles. The fourth-order valence-electron chi connectivity index (χ4n) is 7.75. The highest BCUT2D eigenvalue weighted by Crippen LogP contribution is 2.22. The van der Waals surface area contributed by atoms with Gasteiger partial charge in [0.1, 0.15) is 36.3 Å². The van der Waals surface area contributed by atoms with Crippen molar-refractivity contribution in [1.29, 1.82) is 0 Å². The zero-order valence-corrected chi connectivity index (χ0v) is 39.3. The maximum Gasteiger partial charge on any atom is 0.243 e. The molecule has 65 heavy (non-hydrogen) atoms. The number of rotatable bonds is 19. The van der Waals surface area contributed by atoms with Crippen LogP contribution in [0.4, 0.5) is 0 Å². The van der Waals surface area contributed by atoms with Crippen LogP contribution in [0.15, 0.2) is 48.5 Å². The Labute approximate surface area is 384 Å². The van der Waals surface area contributed by atoms with E-state index in [1.807, 2.05) is 90.1 Å². The van der Waals surface area contributed by atoms with Crippen molar-refractivity contribution >= 4 is 41.4 Å². The first-order valence-electron chi connectivity index (χ1n) is 23.3. The van der Waals surface area contributed by atoms with Gasteiger partial charge in [-0.3, -0.25) is 33.6 Å². The molecule has 0 fully saturated rings. The summed E-state index contributed by atoms with van der Waals surface area (Å²) in [5.41, 5.74) is 26.8. The van der Waals surface area contributed by atoms with Crippen molar-refractivity contribution in [3.63, 3.8) is 0 Å². The highest BCUT2D eigenvalue weighted by atomic mass is 16.2. The van der Waals surface area contributed by atoms with Crippen LogP contribution in [0.3, 0.4) is 0 Å². The number of fused-ring (bicyclic) bond motifs is 2. The highest BCUT2D eigenvalue weighted by Gasteiger charge is 2.34. The lowest BCUT2D eigenvalue weighted by Crippen LogP contribution is -2.60. The first-order chi connectivity index (χ1) is 30.8. The minimum absolute atomic E-state index is 0.0225. The van der Waals surface area contributed by atoms with Crippen molar-refractivity contribution in [2.75, 3.05) is 13.1 Å². The largest absolute Gasteiger partial charge is 0.368 e. The first kappa shape index (κ1) is 53.9. The number of carbonyl (C=O) groups excluding carboxylic acids is 7. The van der Waals surface area contributed by atoms with E-state index in [0.717, 1.165) is 16.7 Å². The van der Waals surface area contributed by atoms with Crippen LogP contribution in [0, 0.1) is 17.8 Å². The first-order valence-corrected chi connectivity index (χ1v) is 23.3. The van der Waals surface area contributed by atoms with Crippen LogP contribution in [0.5, 0.6) is 0 Å². The molecule has 3 aliphatic heterocycles. The lowest BCUT2D eigenvalue weighted by Gasteiger charge is -2.29. The molecule has 0 unspecified atom stereocenters. The summed E-state index contributed by atoms with van der Waals surface area (Å²) in [6, 6.07) is 7.59. The van der Waals surface area contributed by atoms with Gasteiger partial charge in [0.05, 0.1) is 6.04 Å². The minimum Gasteiger partial charge on any atom is -0.368 e. The molecule has 360 valence electrons. The van der Waals surface area contributed by atoms with Crippen molar-refractivity contribution in [1.82, 2.24) is 31.9 Å². The van der Waals surface area contributed by atoms with Gasteiger partial charge in [-0.2, -0.15) is 0 Å². The van der Waals surface area contributed by atoms with Crippen molar-refractivity contribution in [2.24, 2.45) is 40.7 Å². The average Bonchev–Trinajstić information content (AvgIpc) is 3.24. The van der Waals surface area contributed by atoms with Gasteiger partial charge < -0.3 is 54.8 Å². The maximum absolute atomic E-state index is 14.4. The van der Waals surface area contributed by atoms with Gasteiger partial charge >= 0.3 is 0 Å². The smallest absolute Gasteiger partial charge is 0.243 e. The molecule has 3 aliphatic rings. The van der Waals surface area contributed by atoms with Gasteiger partial charge in [-0.05, 0) is 117 Å². The predicted octanol–water partition coefficient (Wildman–Crippen LogP) is 1.57. The number of hydrogen-bond acceptors (Lipinski definition) is 10. The number of nitrogens with one attached hydrogen (secondary N) is 6. The summed E-state index contributed by atoms with van der Waals surface area (Å²) in [5.74, 6) is -4.40. The Bertz CT molecular complexity index is 1870. The van der Waals surface area contributed by atoms with E-state index in [-0.39, 0.29) is 56.3 Å². The summed E-state index contributed by atoms with van der Waals surface area (Å²) in [6.07, 6.45) is 3.56. The van der Waals surface area contributed by atoms with Crippen LogP contribution in [0.1, 0.15) is 110 Å². The lowest BCUT2D eigenvalue weighted by molar-refractivity contribution is -0.136. The van der Waals surface area contributed by atoms with Crippen molar-refractivity contribution in [3.05, 3.63) is 59.7 Å². The van der Waals surface area contributed by atoms with Crippen LogP contribution >= 0.6 is 0 Å². The quantitative estimate of drug-likeness (QED) is 0.0908. The minimum atomic E-state index is -1.21. The molecule has 14 N–H and O–H groups in total. The highest BCUT2D eigenvalue weighted by molar-refractivity contribution is 5.97. The molecular formula is C48H76N10O7. The molecule has 4 bridgehead atoms. The summed E-state index contributed by atoms with van der Waals surface area (Å²) >= 11 is 0. The van der Waals surface area contributed by atoms with E-state index in [9.17, 15) is 33.6 Å². The average molecular weight is 905 g/mol. The van der Waals surface area contributed by atoms with E-state index >= 15 is 0 Å². The fraction of sp³-hybridized carbons (Fsp3) is 0.604. The third-order valence-electron chi connectivity index (χ3n) is 11.3. The molecule has 0 aliphatic carbocycles. The van der Waals surface area contributed by atoms with E-state index in [0.29, 0.717) is 50.8 Å². The van der Waals surface area contributed by atoms with Gasteiger partial charge in [-0.15, -0.1) is 0 Å². The Morgan fingerprint density at radius 2 is 1.03 bits per heavy atom. The van der Waals surface area contributed by atoms with E-state index in [1.54, 1.807) is 0 Å². The zero-order valence-electron chi connectivity index (χ0n) is 39.3. The standard InChI is InChI=1S/C48H76N10O7/c1-28(2)23-38(42(52)59)55-46(63)39(24-29(3)4)57-48(65)41-27-32-15-19-34(20-16-32)33-17-13-31(14-18-33)26-35(51)43(60)53-36(11-7-9-21-49)44(61)54-37(12-8-10-22-50)45(62)56-40(25-30(5)6)47(64)58-41/h13-20,28-30,35-41H,7-12,21-27,49-51H2,1-6H3,(H2,52,59)(H,53,60)(H,54,61)(H,55,63)(H,56,62)(H,57,65)(H,58,64)/t35-,36-,37-,38-,39-,40-,41-/m0/s1. The summed E-state index contributed by atoms with van der Waals surface area (Å²) in [5, 5.41) is 16.9. The normalized spacial score (nSPS) is 21.0. The van der Waals surface area contributed by atoms with Crippen LogP contribution < -0.4 is 54.8 Å². The van der Waals surface area contributed by atoms with Crippen LogP contribution in [0.25, 0.3) is 11.1 Å². The third kappa shape index (κ3) is 18.6. The van der Waals surface area contributed by atoms with Crippen LogP contribution in [0.2, 0.25) is 0 Å². The molecule has 17 heteroatoms. The van der Waals surface area contributed by atoms with Crippen molar-refractivity contribution in [3.8, 4) is 11.1 Å². The Kier molecular flexibility index (Phi) is 22.6. The van der Waals surface area contributed by atoms with Crippen molar-refractivity contribution in [2.45, 2.75) is 154 Å². The zero-order chi connectivity index (χ0) is 48.2. The van der Waals surface area contributed by atoms with Gasteiger partial charge in [0.2, 0.25) is 41.4 Å². The number of nitrogens with two attached hydrogens (primary N) is 4. The molecule has 0 spiro atoms. The molecule has 0 aromatic heterocycles. The van der Waals surface area contributed by atoms with Crippen molar-refractivity contribution < 1.29 is 33.6 Å². The molecule has 7 atom stereocenters. The molecule has 0 radical (unpaired) electrons. The Balaban J connectivity index is 2.10. The molecule has 17 nitrogen and oxygen atoms in total. The molecule has 5 rings (SSSR count). The number of benzene rings is 2. The van der Waals surface area contributed by atoms with E-state index in [4.69, 9.17) is 22.9 Å². The van der Waals surface area contributed by atoms with E-state index in [1.165, 1.54) is 0 Å². The van der Waals surface area contributed by atoms with Crippen LogP contribution in [-0.4, -0.2) is 96.7 Å². The van der Waals surface area contributed by atoms with Gasteiger partial charge in [-0.25, -0.2) is 0 Å². The summed E-state index contributed by atoms with van der Waals surface area (Å²) in [6.45, 7) is 12.1. The Hall–Kier alpha value is -5.39. The molecule has 0 saturated heterocycles. The molecular weight excluding hydrogens is 829 g/mol. The number of carbonyl (C=O) groups is 7. The second-order valence-electron chi connectivity index (χ2n) is 18.6. The topological polar surface area (TPSA) is 296 Å². The molecule has 2 aromatic rings. The van der Waals surface area contributed by atoms with Gasteiger partial charge in [-0.1, -0.05) is 90.1 Å². The Morgan fingerprint density at radius 1 is 0.585 bits per heavy atom. The summed E-state index contributed by atoms with van der Waals surface area (Å²) < 4.78 is 0. The summed E-state index contributed by atoms with van der Waals surface area (Å²) in [7, 11) is 0. The van der Waals surface area contributed by atoms with Gasteiger partial charge in [0.15, 0.2) is 0 Å². The maximum atomic E-state index is 14.4. The lowest BCUT2D eigenvalue weighted by atomic mass is 9.97. The van der Waals surface area contributed by atoms with E-state index in [2.05, 4.69) is 31.9 Å². The summed E-state index contributed by atoms with van der Waals surface area (Å²) in [4.78, 5) is 96.6. The Morgan fingerprint density at radius 3 is 1.49 bits per heavy atom. The van der Waals surface area contributed by atoms with E-state index < -0.39 is 83.6 Å². The number of amides is 7. The van der Waals surface area contributed by atoms with Crippen LogP contribution in [-0.2, 0) is 46.4 Å².